The lowest BCUT2D eigenvalue weighted by atomic mass is 10.0. The van der Waals surface area contributed by atoms with Crippen molar-refractivity contribution in [3.63, 3.8) is 0 Å². The molecule has 0 bridgehead atoms. The summed E-state index contributed by atoms with van der Waals surface area (Å²) in [5.41, 5.74) is 3.08. The monoisotopic (exact) mass is 652 g/mol. The highest BCUT2D eigenvalue weighted by atomic mass is 19.4. The van der Waals surface area contributed by atoms with Gasteiger partial charge in [0.2, 0.25) is 12.4 Å². The molecule has 0 saturated heterocycles. The van der Waals surface area contributed by atoms with E-state index < -0.39 is 24.2 Å². The number of benzene rings is 4. The number of hydrogen-bond acceptors (Lipinski definition) is 8. The fourth-order valence-electron chi connectivity index (χ4n) is 5.72. The molecule has 0 atom stereocenters. The third-order valence-electron chi connectivity index (χ3n) is 7.53. The van der Waals surface area contributed by atoms with E-state index in [1.807, 2.05) is 0 Å². The van der Waals surface area contributed by atoms with Crippen LogP contribution < -0.4 is 20.2 Å². The van der Waals surface area contributed by atoms with Crippen LogP contribution in [0.5, 0.6) is 11.5 Å². The average Bonchev–Trinajstić information content (AvgIpc) is 3.50. The van der Waals surface area contributed by atoms with Crippen molar-refractivity contribution in [3.05, 3.63) is 95.6 Å². The fourth-order valence-corrected chi connectivity index (χ4v) is 5.72. The second-order valence-electron chi connectivity index (χ2n) is 10.4. The molecule has 0 fully saturated rings. The van der Waals surface area contributed by atoms with Gasteiger partial charge in [-0.3, -0.25) is 0 Å². The van der Waals surface area contributed by atoms with Gasteiger partial charge in [-0.2, -0.15) is 20.5 Å². The summed E-state index contributed by atoms with van der Waals surface area (Å²) in [5.74, 6) is -0.800. The first-order chi connectivity index (χ1) is 22.9. The van der Waals surface area contributed by atoms with E-state index in [4.69, 9.17) is 9.97 Å². The molecule has 0 radical (unpaired) electrons. The molecule has 14 heteroatoms. The van der Waals surface area contributed by atoms with Gasteiger partial charge < -0.3 is 9.47 Å². The Morgan fingerprint density at radius 3 is 1.27 bits per heavy atom. The summed E-state index contributed by atoms with van der Waals surface area (Å²) in [6.45, 7) is 0. The molecule has 6 aromatic carbocycles. The first kappa shape index (κ1) is 30.1. The number of fused-ring (bicyclic) bond motifs is 6. The van der Waals surface area contributed by atoms with Crippen LogP contribution in [0.15, 0.2) is 94.9 Å². The lowest BCUT2D eigenvalue weighted by Crippen LogP contribution is -2.17. The van der Waals surface area contributed by atoms with E-state index in [-0.39, 0.29) is 21.7 Å². The van der Waals surface area contributed by atoms with Gasteiger partial charge in [0.05, 0.1) is 11.0 Å². The van der Waals surface area contributed by atoms with Crippen LogP contribution in [0.1, 0.15) is 0 Å². The average molecular weight is 653 g/mol. The number of alkyl halides is 6. The number of rotatable bonds is 4. The van der Waals surface area contributed by atoms with Gasteiger partial charge in [-0.1, -0.05) is 48.5 Å². The van der Waals surface area contributed by atoms with Gasteiger partial charge >= 0.3 is 12.7 Å². The molecule has 0 aliphatic carbocycles. The van der Waals surface area contributed by atoms with Crippen LogP contribution >= 0.6 is 0 Å². The lowest BCUT2D eigenvalue weighted by Gasteiger charge is -2.10. The smallest absolute Gasteiger partial charge is 0.406 e. The van der Waals surface area contributed by atoms with Crippen molar-refractivity contribution in [1.82, 2.24) is 9.97 Å². The van der Waals surface area contributed by atoms with Crippen molar-refractivity contribution in [2.45, 2.75) is 12.7 Å². The molecular formula is C34H14F6N6O2. The molecule has 0 spiro atoms. The summed E-state index contributed by atoms with van der Waals surface area (Å²) in [5, 5.41) is 21.5. The highest BCUT2D eigenvalue weighted by Crippen LogP contribution is 2.34. The Hall–Kier alpha value is -6.54. The second kappa shape index (κ2) is 11.1. The highest BCUT2D eigenvalue weighted by molar-refractivity contribution is 6.15. The summed E-state index contributed by atoms with van der Waals surface area (Å²) in [4.78, 5) is 17.6. The number of aromatic nitrogens is 2. The number of halogens is 6. The van der Waals surface area contributed by atoms with E-state index in [1.165, 1.54) is 36.4 Å². The van der Waals surface area contributed by atoms with Gasteiger partial charge in [-0.25, -0.2) is 9.97 Å². The second-order valence-corrected chi connectivity index (χ2v) is 10.4. The minimum absolute atomic E-state index is 0.188. The number of hydrogen-bond donors (Lipinski definition) is 0. The van der Waals surface area contributed by atoms with E-state index in [9.17, 15) is 36.9 Å². The first-order valence-corrected chi connectivity index (χ1v) is 13.8. The molecule has 8 nitrogen and oxygen atoms in total. The van der Waals surface area contributed by atoms with Gasteiger partial charge in [0.1, 0.15) is 33.2 Å². The van der Waals surface area contributed by atoms with Crippen molar-refractivity contribution < 1.29 is 35.8 Å². The highest BCUT2D eigenvalue weighted by Gasteiger charge is 2.32. The summed E-state index contributed by atoms with van der Waals surface area (Å²) in [7, 11) is 0. The van der Waals surface area contributed by atoms with Crippen LogP contribution in [0, 0.1) is 22.9 Å². The molecule has 7 aromatic rings. The minimum Gasteiger partial charge on any atom is -0.406 e. The third kappa shape index (κ3) is 5.45. The molecule has 234 valence electrons. The predicted octanol–water partition coefficient (Wildman–Crippen LogP) is 7.86. The zero-order valence-corrected chi connectivity index (χ0v) is 23.9. The van der Waals surface area contributed by atoms with Crippen LogP contribution in [-0.2, 0) is 0 Å². The Morgan fingerprint density at radius 1 is 0.500 bits per heavy atom. The van der Waals surface area contributed by atoms with Crippen LogP contribution in [0.25, 0.3) is 65.9 Å². The molecular weight excluding hydrogens is 638 g/mol. The zero-order valence-electron chi connectivity index (χ0n) is 23.9. The predicted molar refractivity (Wildman–Crippen MR) is 161 cm³/mol. The molecule has 48 heavy (non-hydrogen) atoms. The molecule has 1 aromatic heterocycles. The Kier molecular flexibility index (Phi) is 6.95. The maximum atomic E-state index is 12.8. The molecule has 0 N–H and O–H groups in total. The Labute approximate surface area is 264 Å². The van der Waals surface area contributed by atoms with Gasteiger partial charge in [0, 0.05) is 21.5 Å². The van der Waals surface area contributed by atoms with Crippen LogP contribution in [0.2, 0.25) is 0 Å². The molecule has 1 heterocycles. The van der Waals surface area contributed by atoms with Gasteiger partial charge in [-0.15, -0.1) is 26.3 Å². The topological polar surface area (TPSA) is 117 Å². The molecule has 0 aliphatic heterocycles. The van der Waals surface area contributed by atoms with Crippen LogP contribution in [0.4, 0.5) is 26.3 Å². The standard InChI is InChI=1S/C34H14F6N6O2/c35-33(36,37)47-21-5-1-3-17(11-21)19-7-9-23-25(13-19)27(43-15-41)31-29(23)45-32-28(44-16-42)26-14-20(8-10-24(26)30(32)46-31)18-4-2-6-22(12-18)48-34(38,39)40/h1-14H. The number of nitrogens with zero attached hydrogens (tertiary/aromatic N) is 6. The van der Waals surface area contributed by atoms with E-state index in [0.29, 0.717) is 54.8 Å². The van der Waals surface area contributed by atoms with Crippen molar-refractivity contribution in [1.29, 1.82) is 10.5 Å². The Bertz CT molecular complexity index is 2460. The van der Waals surface area contributed by atoms with Crippen molar-refractivity contribution in [2.24, 2.45) is 9.98 Å². The Morgan fingerprint density at radius 2 is 0.896 bits per heavy atom. The molecule has 7 rings (SSSR count). The van der Waals surface area contributed by atoms with Crippen LogP contribution in [0.3, 0.4) is 0 Å². The van der Waals surface area contributed by atoms with E-state index in [1.54, 1.807) is 60.9 Å². The summed E-state index contributed by atoms with van der Waals surface area (Å²) >= 11 is 0. The maximum absolute atomic E-state index is 12.8. The largest absolute Gasteiger partial charge is 0.573 e. The van der Waals surface area contributed by atoms with E-state index in [0.717, 1.165) is 0 Å². The first-order valence-electron chi connectivity index (χ1n) is 13.8. The van der Waals surface area contributed by atoms with E-state index >= 15 is 0 Å². The van der Waals surface area contributed by atoms with E-state index in [2.05, 4.69) is 19.5 Å². The van der Waals surface area contributed by atoms with Crippen molar-refractivity contribution in [3.8, 4) is 46.1 Å². The fraction of sp³-hybridized carbons (Fsp3) is 0.0588. The van der Waals surface area contributed by atoms with Gasteiger partial charge in [0.15, 0.2) is 0 Å². The van der Waals surface area contributed by atoms with Crippen molar-refractivity contribution >= 4 is 43.6 Å². The molecule has 0 unspecified atom stereocenters. The molecule has 0 aliphatic rings. The number of ether oxygens (including phenoxy) is 2. The summed E-state index contributed by atoms with van der Waals surface area (Å²) < 4.78 is 85.1. The van der Waals surface area contributed by atoms with Gasteiger partial charge in [0.25, 0.3) is 0 Å². The van der Waals surface area contributed by atoms with Crippen LogP contribution in [-0.4, -0.2) is 22.7 Å². The maximum Gasteiger partial charge on any atom is 0.573 e. The normalized spacial score (nSPS) is 13.0. The quantitative estimate of drug-likeness (QED) is 0.141. The molecule has 0 saturated carbocycles. The Balaban J connectivity index is 1.43. The van der Waals surface area contributed by atoms with Crippen molar-refractivity contribution in [2.75, 3.05) is 0 Å². The SMILES string of the molecule is N#CN=c1c2cc(-c3cccc(OC(F)(F)F)c3)ccc2c2nc3c(=NC#N)c4cc(-c5cccc(OC(F)(F)F)c5)ccc4c3nc12. The minimum atomic E-state index is -4.87. The summed E-state index contributed by atoms with van der Waals surface area (Å²) in [6, 6.07) is 20.9. The third-order valence-corrected chi connectivity index (χ3v) is 7.53. The molecule has 0 amide bonds. The zero-order chi connectivity index (χ0) is 33.8. The lowest BCUT2D eigenvalue weighted by molar-refractivity contribution is -0.275. The number of nitriles is 2. The summed E-state index contributed by atoms with van der Waals surface area (Å²) in [6.07, 6.45) is -6.19. The van der Waals surface area contributed by atoms with Gasteiger partial charge in [-0.05, 0) is 58.7 Å².